The van der Waals surface area contributed by atoms with Crippen molar-refractivity contribution in [3.63, 3.8) is 0 Å². The van der Waals surface area contributed by atoms with Crippen LogP contribution in [0.4, 0.5) is 0 Å². The molecule has 0 radical (unpaired) electrons. The molecule has 1 rings (SSSR count). The van der Waals surface area contributed by atoms with E-state index < -0.39 is 17.9 Å². The molecule has 2 N–H and O–H groups in total. The molecule has 0 heterocycles. The quantitative estimate of drug-likeness (QED) is 0.705. The molecule has 0 saturated carbocycles. The number of methoxy groups -OCH3 is 1. The highest BCUT2D eigenvalue weighted by atomic mass is 16.5. The summed E-state index contributed by atoms with van der Waals surface area (Å²) in [6, 6.07) is 6.16. The second kappa shape index (κ2) is 8.04. The molecule has 0 aliphatic rings. The van der Waals surface area contributed by atoms with Crippen LogP contribution in [-0.2, 0) is 25.5 Å². The smallest absolute Gasteiger partial charge is 0.307 e. The normalized spacial score (nSPS) is 11.7. The molecule has 0 aliphatic carbocycles. The largest absolute Gasteiger partial charge is 0.508 e. The van der Waals surface area contributed by atoms with Gasteiger partial charge in [0.1, 0.15) is 11.5 Å². The zero-order chi connectivity index (χ0) is 15.8. The lowest BCUT2D eigenvalue weighted by Crippen LogP contribution is -2.20. The zero-order valence-electron chi connectivity index (χ0n) is 11.7. The number of rotatable bonds is 8. The van der Waals surface area contributed by atoms with Crippen LogP contribution in [-0.4, -0.2) is 35.0 Å². The van der Waals surface area contributed by atoms with Crippen LogP contribution in [0.1, 0.15) is 24.8 Å². The first-order chi connectivity index (χ1) is 9.92. The van der Waals surface area contributed by atoms with Crippen LogP contribution < -0.4 is 0 Å². The number of aliphatic carboxylic acids is 1. The predicted octanol–water partition coefficient (Wildman–Crippen LogP) is 1.55. The van der Waals surface area contributed by atoms with E-state index >= 15 is 0 Å². The van der Waals surface area contributed by atoms with E-state index in [1.54, 1.807) is 12.1 Å². The van der Waals surface area contributed by atoms with Gasteiger partial charge in [0, 0.05) is 12.8 Å². The Balaban J connectivity index is 2.57. The predicted molar refractivity (Wildman–Crippen MR) is 73.8 cm³/mol. The van der Waals surface area contributed by atoms with Crippen molar-refractivity contribution in [3.05, 3.63) is 29.8 Å². The van der Waals surface area contributed by atoms with Gasteiger partial charge in [-0.3, -0.25) is 14.4 Å². The Morgan fingerprint density at radius 3 is 2.29 bits per heavy atom. The third-order valence-electron chi connectivity index (χ3n) is 3.08. The van der Waals surface area contributed by atoms with Crippen LogP contribution in [0.25, 0.3) is 0 Å². The number of Topliss-reactive ketones (excluding diaryl/α,β-unsaturated/α-hetero) is 1. The van der Waals surface area contributed by atoms with Gasteiger partial charge in [-0.05, 0) is 24.1 Å². The molecule has 1 aromatic rings. The van der Waals surface area contributed by atoms with Gasteiger partial charge in [0.05, 0.1) is 19.4 Å². The van der Waals surface area contributed by atoms with Gasteiger partial charge in [-0.1, -0.05) is 12.1 Å². The number of aromatic hydroxyl groups is 1. The molecule has 114 valence electrons. The number of esters is 1. The molecule has 1 aromatic carbocycles. The van der Waals surface area contributed by atoms with Gasteiger partial charge < -0.3 is 14.9 Å². The van der Waals surface area contributed by atoms with Gasteiger partial charge in [0.2, 0.25) is 0 Å². The molecular weight excluding hydrogens is 276 g/mol. The summed E-state index contributed by atoms with van der Waals surface area (Å²) in [5.74, 6) is -2.59. The third kappa shape index (κ3) is 6.07. The Labute approximate surface area is 122 Å². The first kappa shape index (κ1) is 16.7. The summed E-state index contributed by atoms with van der Waals surface area (Å²) in [4.78, 5) is 33.9. The highest BCUT2D eigenvalue weighted by molar-refractivity contribution is 5.86. The molecule has 0 fully saturated rings. The maximum Gasteiger partial charge on any atom is 0.307 e. The molecule has 6 nitrogen and oxygen atoms in total. The standard InChI is InChI=1S/C15H18O6/c1-21-14(18)7-6-13(17)9-11(15(19)20)8-10-2-4-12(16)5-3-10/h2-5,11,16H,6-9H2,1H3,(H,19,20). The molecule has 21 heavy (non-hydrogen) atoms. The summed E-state index contributed by atoms with van der Waals surface area (Å²) in [5.41, 5.74) is 0.723. The third-order valence-corrected chi connectivity index (χ3v) is 3.08. The highest BCUT2D eigenvalue weighted by Crippen LogP contribution is 2.17. The van der Waals surface area contributed by atoms with E-state index in [4.69, 9.17) is 5.11 Å². The van der Waals surface area contributed by atoms with E-state index in [1.165, 1.54) is 19.2 Å². The van der Waals surface area contributed by atoms with Crippen LogP contribution in [0.2, 0.25) is 0 Å². The lowest BCUT2D eigenvalue weighted by atomic mass is 9.93. The molecule has 1 atom stereocenters. The summed E-state index contributed by atoms with van der Waals surface area (Å²) in [6.07, 6.45) is -0.000303. The molecular formula is C15H18O6. The minimum Gasteiger partial charge on any atom is -0.508 e. The average Bonchev–Trinajstić information content (AvgIpc) is 2.46. The van der Waals surface area contributed by atoms with Crippen LogP contribution in [0.15, 0.2) is 24.3 Å². The molecule has 0 aliphatic heterocycles. The van der Waals surface area contributed by atoms with Gasteiger partial charge in [-0.25, -0.2) is 0 Å². The number of ether oxygens (including phenoxy) is 1. The monoisotopic (exact) mass is 294 g/mol. The van der Waals surface area contributed by atoms with Gasteiger partial charge in [-0.2, -0.15) is 0 Å². The number of ketones is 1. The van der Waals surface area contributed by atoms with E-state index in [2.05, 4.69) is 4.74 Å². The maximum atomic E-state index is 11.7. The van der Waals surface area contributed by atoms with Gasteiger partial charge in [0.25, 0.3) is 0 Å². The lowest BCUT2D eigenvalue weighted by molar-refractivity contribution is -0.144. The Morgan fingerprint density at radius 1 is 1.14 bits per heavy atom. The minimum absolute atomic E-state index is 0.0218. The zero-order valence-corrected chi connectivity index (χ0v) is 11.7. The fourth-order valence-corrected chi connectivity index (χ4v) is 1.88. The van der Waals surface area contributed by atoms with Gasteiger partial charge in [-0.15, -0.1) is 0 Å². The van der Waals surface area contributed by atoms with E-state index in [0.29, 0.717) is 0 Å². The minimum atomic E-state index is -1.06. The number of carbonyl (C=O) groups is 3. The average molecular weight is 294 g/mol. The molecule has 0 amide bonds. The van der Waals surface area contributed by atoms with Crippen molar-refractivity contribution < 1.29 is 29.3 Å². The van der Waals surface area contributed by atoms with Crippen LogP contribution >= 0.6 is 0 Å². The summed E-state index contributed by atoms with van der Waals surface area (Å²) in [7, 11) is 1.23. The number of carbonyl (C=O) groups excluding carboxylic acids is 2. The molecule has 6 heteroatoms. The Kier molecular flexibility index (Phi) is 6.39. The number of phenolic OH excluding ortho intramolecular Hbond substituents is 1. The van der Waals surface area contributed by atoms with Crippen molar-refractivity contribution in [1.29, 1.82) is 0 Å². The van der Waals surface area contributed by atoms with E-state index in [0.717, 1.165) is 5.56 Å². The number of carboxylic acid groups (broad SMARTS) is 1. The summed E-state index contributed by atoms with van der Waals surface area (Å²) < 4.78 is 4.43. The fraction of sp³-hybridized carbons (Fsp3) is 0.400. The summed E-state index contributed by atoms with van der Waals surface area (Å²) in [5, 5.41) is 18.3. The summed E-state index contributed by atoms with van der Waals surface area (Å²) in [6.45, 7) is 0. The van der Waals surface area contributed by atoms with E-state index in [9.17, 15) is 19.5 Å². The number of hydrogen-bond donors (Lipinski definition) is 2. The molecule has 1 unspecified atom stereocenters. The van der Waals surface area contributed by atoms with Crippen molar-refractivity contribution in [2.24, 2.45) is 5.92 Å². The first-order valence-corrected chi connectivity index (χ1v) is 6.51. The number of phenols is 1. The second-order valence-electron chi connectivity index (χ2n) is 4.72. The molecule has 0 aromatic heterocycles. The second-order valence-corrected chi connectivity index (χ2v) is 4.72. The maximum absolute atomic E-state index is 11.7. The molecule has 0 saturated heterocycles. The van der Waals surface area contributed by atoms with Crippen LogP contribution in [0, 0.1) is 5.92 Å². The number of carboxylic acids is 1. The van der Waals surface area contributed by atoms with Crippen LogP contribution in [0.5, 0.6) is 5.75 Å². The topological polar surface area (TPSA) is 101 Å². The summed E-state index contributed by atoms with van der Waals surface area (Å²) >= 11 is 0. The molecule has 0 bridgehead atoms. The highest BCUT2D eigenvalue weighted by Gasteiger charge is 2.22. The van der Waals surface area contributed by atoms with E-state index in [1.807, 2.05) is 0 Å². The van der Waals surface area contributed by atoms with Crippen LogP contribution in [0.3, 0.4) is 0 Å². The van der Waals surface area contributed by atoms with Crippen molar-refractivity contribution in [3.8, 4) is 5.75 Å². The lowest BCUT2D eigenvalue weighted by Gasteiger charge is -2.11. The molecule has 0 spiro atoms. The number of hydrogen-bond acceptors (Lipinski definition) is 5. The van der Waals surface area contributed by atoms with Gasteiger partial charge >= 0.3 is 11.9 Å². The van der Waals surface area contributed by atoms with Crippen molar-refractivity contribution in [2.75, 3.05) is 7.11 Å². The Bertz CT molecular complexity index is 505. The van der Waals surface area contributed by atoms with Gasteiger partial charge in [0.15, 0.2) is 0 Å². The Morgan fingerprint density at radius 2 is 1.76 bits per heavy atom. The number of benzene rings is 1. The fourth-order valence-electron chi connectivity index (χ4n) is 1.88. The van der Waals surface area contributed by atoms with E-state index in [-0.39, 0.29) is 37.2 Å². The first-order valence-electron chi connectivity index (χ1n) is 6.51. The SMILES string of the molecule is COC(=O)CCC(=O)CC(Cc1ccc(O)cc1)C(=O)O. The Hall–Kier alpha value is -2.37. The van der Waals surface area contributed by atoms with Crippen molar-refractivity contribution >= 4 is 17.7 Å². The van der Waals surface area contributed by atoms with Crippen molar-refractivity contribution in [2.45, 2.75) is 25.7 Å². The van der Waals surface area contributed by atoms with Crippen molar-refractivity contribution in [1.82, 2.24) is 0 Å².